The van der Waals surface area contributed by atoms with Gasteiger partial charge >= 0.3 is 0 Å². The first kappa shape index (κ1) is 23.0. The summed E-state index contributed by atoms with van der Waals surface area (Å²) < 4.78 is 19.9. The molecule has 3 aromatic rings. The molecule has 1 unspecified atom stereocenters. The van der Waals surface area contributed by atoms with Gasteiger partial charge in [0.1, 0.15) is 11.8 Å². The van der Waals surface area contributed by atoms with Crippen molar-refractivity contribution in [3.05, 3.63) is 87.9 Å². The van der Waals surface area contributed by atoms with Gasteiger partial charge in [0.25, 0.3) is 5.91 Å². The van der Waals surface area contributed by atoms with Crippen LogP contribution in [0.2, 0.25) is 10.0 Å². The first-order chi connectivity index (χ1) is 15.9. The maximum Gasteiger partial charge on any atom is 0.254 e. The van der Waals surface area contributed by atoms with E-state index in [1.807, 2.05) is 0 Å². The zero-order valence-electron chi connectivity index (χ0n) is 17.4. The molecule has 0 aliphatic carbocycles. The lowest BCUT2D eigenvalue weighted by Gasteiger charge is -2.24. The molecular formula is C24H20Cl2FN3O3. The quantitative estimate of drug-likeness (QED) is 0.515. The molecule has 1 saturated heterocycles. The molecule has 4 rings (SSSR count). The van der Waals surface area contributed by atoms with Gasteiger partial charge in [-0.2, -0.15) is 0 Å². The number of amides is 2. The van der Waals surface area contributed by atoms with Gasteiger partial charge in [-0.3, -0.25) is 14.6 Å². The van der Waals surface area contributed by atoms with Crippen LogP contribution in [0.4, 0.5) is 4.39 Å². The van der Waals surface area contributed by atoms with Gasteiger partial charge in [-0.15, -0.1) is 0 Å². The normalized spacial score (nSPS) is 15.4. The van der Waals surface area contributed by atoms with Crippen LogP contribution in [0.25, 0.3) is 0 Å². The summed E-state index contributed by atoms with van der Waals surface area (Å²) in [7, 11) is 0. The van der Waals surface area contributed by atoms with E-state index in [0.717, 1.165) is 0 Å². The van der Waals surface area contributed by atoms with Gasteiger partial charge in [-0.25, -0.2) is 4.39 Å². The van der Waals surface area contributed by atoms with Crippen molar-refractivity contribution in [1.29, 1.82) is 0 Å². The predicted octanol–water partition coefficient (Wildman–Crippen LogP) is 5.24. The number of halogens is 3. The second-order valence-electron chi connectivity index (χ2n) is 7.59. The van der Waals surface area contributed by atoms with Crippen LogP contribution in [0, 0.1) is 5.82 Å². The first-order valence-electron chi connectivity index (χ1n) is 10.3. The molecular weight excluding hydrogens is 468 g/mol. The Balaban J connectivity index is 1.38. The van der Waals surface area contributed by atoms with Gasteiger partial charge in [0.15, 0.2) is 11.6 Å². The Kier molecular flexibility index (Phi) is 7.11. The average molecular weight is 488 g/mol. The topological polar surface area (TPSA) is 71.5 Å². The minimum Gasteiger partial charge on any atom is -0.453 e. The molecule has 2 heterocycles. The lowest BCUT2D eigenvalue weighted by Crippen LogP contribution is -2.45. The Morgan fingerprint density at radius 2 is 1.94 bits per heavy atom. The molecule has 9 heteroatoms. The largest absolute Gasteiger partial charge is 0.453 e. The number of aromatic nitrogens is 1. The van der Waals surface area contributed by atoms with Gasteiger partial charge < -0.3 is 15.0 Å². The molecule has 0 spiro atoms. The standard InChI is InChI=1S/C24H20Cl2FN3O3/c25-17-10-16(11-18(26)12-17)24(32)30-8-2-4-21(30)23(31)29-13-15-5-6-22(20(27)9-15)33-19-3-1-7-28-14-19/h1,3,5-7,9-12,14,21H,2,4,8,13H2,(H,29,31). The van der Waals surface area contributed by atoms with Gasteiger partial charge in [-0.05, 0) is 60.9 Å². The second-order valence-corrected chi connectivity index (χ2v) is 8.46. The number of ether oxygens (including phenoxy) is 1. The Labute approximate surface area is 200 Å². The van der Waals surface area contributed by atoms with E-state index in [1.165, 1.54) is 35.4 Å². The van der Waals surface area contributed by atoms with Crippen LogP contribution >= 0.6 is 23.2 Å². The molecule has 2 aromatic carbocycles. The highest BCUT2D eigenvalue weighted by molar-refractivity contribution is 6.35. The average Bonchev–Trinajstić information content (AvgIpc) is 3.29. The highest BCUT2D eigenvalue weighted by Gasteiger charge is 2.34. The minimum atomic E-state index is -0.617. The first-order valence-corrected chi connectivity index (χ1v) is 11.1. The lowest BCUT2D eigenvalue weighted by molar-refractivity contribution is -0.125. The highest BCUT2D eigenvalue weighted by Crippen LogP contribution is 2.26. The summed E-state index contributed by atoms with van der Waals surface area (Å²) in [6.07, 6.45) is 4.32. The highest BCUT2D eigenvalue weighted by atomic mass is 35.5. The van der Waals surface area contributed by atoms with Crippen molar-refractivity contribution in [1.82, 2.24) is 15.2 Å². The third kappa shape index (κ3) is 5.61. The van der Waals surface area contributed by atoms with E-state index in [4.69, 9.17) is 27.9 Å². The van der Waals surface area contributed by atoms with Gasteiger partial charge in [0.2, 0.25) is 5.91 Å². The maximum atomic E-state index is 14.4. The Morgan fingerprint density at radius 3 is 2.64 bits per heavy atom. The molecule has 1 aliphatic heterocycles. The summed E-state index contributed by atoms with van der Waals surface area (Å²) in [5.74, 6) is -0.679. The van der Waals surface area contributed by atoms with Crippen molar-refractivity contribution in [3.8, 4) is 11.5 Å². The van der Waals surface area contributed by atoms with Crippen LogP contribution < -0.4 is 10.1 Å². The molecule has 2 amide bonds. The molecule has 170 valence electrons. The number of nitrogens with zero attached hydrogens (tertiary/aromatic N) is 2. The number of carbonyl (C=O) groups excluding carboxylic acids is 2. The van der Waals surface area contributed by atoms with Gasteiger partial charge in [-0.1, -0.05) is 29.3 Å². The SMILES string of the molecule is O=C(NCc1ccc(Oc2cccnc2)c(F)c1)C1CCCN1C(=O)c1cc(Cl)cc(Cl)c1. The number of pyridine rings is 1. The Bertz CT molecular complexity index is 1160. The zero-order valence-corrected chi connectivity index (χ0v) is 18.9. The molecule has 1 aromatic heterocycles. The third-order valence-electron chi connectivity index (χ3n) is 5.25. The van der Waals surface area contributed by atoms with E-state index in [1.54, 1.807) is 30.5 Å². The summed E-state index contributed by atoms with van der Waals surface area (Å²) in [4.78, 5) is 31.2. The number of hydrogen-bond acceptors (Lipinski definition) is 4. The summed E-state index contributed by atoms with van der Waals surface area (Å²) in [6.45, 7) is 0.570. The molecule has 0 radical (unpaired) electrons. The van der Waals surface area contributed by atoms with E-state index >= 15 is 0 Å². The van der Waals surface area contributed by atoms with Crippen molar-refractivity contribution in [2.45, 2.75) is 25.4 Å². The second kappa shape index (κ2) is 10.2. The van der Waals surface area contributed by atoms with Gasteiger partial charge in [0, 0.05) is 34.9 Å². The lowest BCUT2D eigenvalue weighted by atomic mass is 10.1. The molecule has 33 heavy (non-hydrogen) atoms. The van der Waals surface area contributed by atoms with Crippen molar-refractivity contribution < 1.29 is 18.7 Å². The van der Waals surface area contributed by atoms with Crippen LogP contribution in [0.5, 0.6) is 11.5 Å². The zero-order chi connectivity index (χ0) is 23.4. The fourth-order valence-electron chi connectivity index (χ4n) is 3.70. The number of nitrogens with one attached hydrogen (secondary N) is 1. The summed E-state index contributed by atoms with van der Waals surface area (Å²) in [6, 6.07) is 11.8. The molecule has 1 aliphatic rings. The van der Waals surface area contributed by atoms with E-state index in [-0.39, 0.29) is 24.1 Å². The van der Waals surface area contributed by atoms with Crippen LogP contribution in [0.1, 0.15) is 28.8 Å². The third-order valence-corrected chi connectivity index (χ3v) is 5.69. The summed E-state index contributed by atoms with van der Waals surface area (Å²) >= 11 is 12.0. The fourth-order valence-corrected chi connectivity index (χ4v) is 4.23. The molecule has 1 atom stereocenters. The van der Waals surface area contributed by atoms with E-state index in [2.05, 4.69) is 10.3 Å². The summed E-state index contributed by atoms with van der Waals surface area (Å²) in [5, 5.41) is 3.50. The molecule has 1 N–H and O–H groups in total. The maximum absolute atomic E-state index is 14.4. The number of likely N-dealkylation sites (tertiary alicyclic amines) is 1. The van der Waals surface area contributed by atoms with Crippen molar-refractivity contribution in [2.75, 3.05) is 6.54 Å². The number of hydrogen-bond donors (Lipinski definition) is 1. The van der Waals surface area contributed by atoms with Crippen LogP contribution in [0.3, 0.4) is 0 Å². The van der Waals surface area contributed by atoms with Crippen LogP contribution in [-0.2, 0) is 11.3 Å². The van der Waals surface area contributed by atoms with Crippen molar-refractivity contribution in [2.24, 2.45) is 0 Å². The van der Waals surface area contributed by atoms with E-state index < -0.39 is 11.9 Å². The smallest absolute Gasteiger partial charge is 0.254 e. The van der Waals surface area contributed by atoms with Crippen LogP contribution in [-0.4, -0.2) is 34.3 Å². The monoisotopic (exact) mass is 487 g/mol. The number of benzene rings is 2. The van der Waals surface area contributed by atoms with Crippen molar-refractivity contribution >= 4 is 35.0 Å². The Morgan fingerprint density at radius 1 is 1.15 bits per heavy atom. The molecule has 1 fully saturated rings. The van der Waals surface area contributed by atoms with Crippen LogP contribution in [0.15, 0.2) is 60.9 Å². The molecule has 0 bridgehead atoms. The summed E-state index contributed by atoms with van der Waals surface area (Å²) in [5.41, 5.74) is 0.898. The molecule has 6 nitrogen and oxygen atoms in total. The minimum absolute atomic E-state index is 0.0609. The van der Waals surface area contributed by atoms with E-state index in [9.17, 15) is 14.0 Å². The van der Waals surface area contributed by atoms with Gasteiger partial charge in [0.05, 0.1) is 6.20 Å². The number of carbonyl (C=O) groups is 2. The molecule has 0 saturated carbocycles. The fraction of sp³-hybridized carbons (Fsp3) is 0.208. The van der Waals surface area contributed by atoms with Crippen molar-refractivity contribution in [3.63, 3.8) is 0 Å². The number of rotatable bonds is 6. The Hall–Kier alpha value is -3.16. The van der Waals surface area contributed by atoms with E-state index in [0.29, 0.717) is 46.3 Å². The predicted molar refractivity (Wildman–Crippen MR) is 123 cm³/mol.